The molecule has 1 saturated carbocycles. The van der Waals surface area contributed by atoms with Gasteiger partial charge in [-0.2, -0.15) is 0 Å². The van der Waals surface area contributed by atoms with E-state index in [0.29, 0.717) is 5.92 Å². The van der Waals surface area contributed by atoms with Crippen LogP contribution in [0.25, 0.3) is 0 Å². The van der Waals surface area contributed by atoms with Gasteiger partial charge in [-0.05, 0) is 50.4 Å². The zero-order valence-electron chi connectivity index (χ0n) is 11.7. The summed E-state index contributed by atoms with van der Waals surface area (Å²) in [6.07, 6.45) is 5.70. The first-order valence-electron chi connectivity index (χ1n) is 7.26. The third kappa shape index (κ3) is 4.46. The molecule has 0 aromatic carbocycles. The molecule has 0 saturated heterocycles. The van der Waals surface area contributed by atoms with Crippen LogP contribution in [0.1, 0.15) is 38.9 Å². The van der Waals surface area contributed by atoms with E-state index in [4.69, 9.17) is 4.42 Å². The number of furan rings is 1. The van der Waals surface area contributed by atoms with Gasteiger partial charge in [0.2, 0.25) is 0 Å². The standard InChI is InChI=1S/C15H26N2O/c1-3-8-16-10-13(2)11-17(14-6-7-14)12-15-5-4-9-18-15/h4-5,9,13-14,16H,3,6-8,10-12H2,1-2H3. The van der Waals surface area contributed by atoms with Crippen LogP contribution in [0.2, 0.25) is 0 Å². The Hall–Kier alpha value is -0.800. The van der Waals surface area contributed by atoms with Crippen LogP contribution in [0.3, 0.4) is 0 Å². The average Bonchev–Trinajstić information content (AvgIpc) is 3.08. The van der Waals surface area contributed by atoms with Gasteiger partial charge < -0.3 is 9.73 Å². The second-order valence-electron chi connectivity index (χ2n) is 5.55. The van der Waals surface area contributed by atoms with E-state index in [1.54, 1.807) is 6.26 Å². The maximum Gasteiger partial charge on any atom is 0.117 e. The summed E-state index contributed by atoms with van der Waals surface area (Å²) < 4.78 is 5.46. The summed E-state index contributed by atoms with van der Waals surface area (Å²) in [5.74, 6) is 1.79. The Kier molecular flexibility index (Phi) is 5.26. The molecule has 1 aliphatic rings. The summed E-state index contributed by atoms with van der Waals surface area (Å²) in [5, 5.41) is 3.51. The zero-order valence-corrected chi connectivity index (χ0v) is 11.7. The van der Waals surface area contributed by atoms with Gasteiger partial charge in [0.1, 0.15) is 5.76 Å². The lowest BCUT2D eigenvalue weighted by molar-refractivity contribution is 0.201. The summed E-state index contributed by atoms with van der Waals surface area (Å²) in [5.41, 5.74) is 0. The molecule has 0 spiro atoms. The molecule has 0 bridgehead atoms. The summed E-state index contributed by atoms with van der Waals surface area (Å²) in [6.45, 7) is 8.93. The molecule has 1 fully saturated rings. The minimum atomic E-state index is 0.701. The molecule has 1 aromatic rings. The molecule has 1 N–H and O–H groups in total. The quantitative estimate of drug-likeness (QED) is 0.683. The fourth-order valence-electron chi connectivity index (χ4n) is 2.38. The molecule has 1 aliphatic carbocycles. The van der Waals surface area contributed by atoms with Crippen molar-refractivity contribution in [1.82, 2.24) is 10.2 Å². The highest BCUT2D eigenvalue weighted by Gasteiger charge is 2.30. The Balaban J connectivity index is 1.75. The first-order valence-corrected chi connectivity index (χ1v) is 7.26. The number of hydrogen-bond acceptors (Lipinski definition) is 3. The minimum Gasteiger partial charge on any atom is -0.468 e. The number of hydrogen-bond donors (Lipinski definition) is 1. The van der Waals surface area contributed by atoms with Crippen LogP contribution < -0.4 is 5.32 Å². The van der Waals surface area contributed by atoms with Crippen molar-refractivity contribution in [2.75, 3.05) is 19.6 Å². The van der Waals surface area contributed by atoms with Gasteiger partial charge in [-0.25, -0.2) is 0 Å². The highest BCUT2D eigenvalue weighted by Crippen LogP contribution is 2.29. The molecule has 18 heavy (non-hydrogen) atoms. The van der Waals surface area contributed by atoms with Gasteiger partial charge in [0, 0.05) is 12.6 Å². The molecule has 0 radical (unpaired) electrons. The van der Waals surface area contributed by atoms with Gasteiger partial charge in [-0.3, -0.25) is 4.90 Å². The lowest BCUT2D eigenvalue weighted by Gasteiger charge is -2.25. The van der Waals surface area contributed by atoms with Gasteiger partial charge in [-0.1, -0.05) is 13.8 Å². The Morgan fingerprint density at radius 2 is 2.33 bits per heavy atom. The van der Waals surface area contributed by atoms with Crippen LogP contribution in [0.15, 0.2) is 22.8 Å². The lowest BCUT2D eigenvalue weighted by Crippen LogP contribution is -2.34. The van der Waals surface area contributed by atoms with Crippen molar-refractivity contribution in [2.45, 2.75) is 45.7 Å². The van der Waals surface area contributed by atoms with Crippen LogP contribution in [-0.2, 0) is 6.54 Å². The summed E-state index contributed by atoms with van der Waals surface area (Å²) >= 11 is 0. The molecule has 1 atom stereocenters. The van der Waals surface area contributed by atoms with Gasteiger partial charge >= 0.3 is 0 Å². The molecule has 0 aliphatic heterocycles. The van der Waals surface area contributed by atoms with Crippen molar-refractivity contribution in [3.8, 4) is 0 Å². The van der Waals surface area contributed by atoms with Crippen LogP contribution in [0, 0.1) is 5.92 Å². The number of nitrogens with zero attached hydrogens (tertiary/aromatic N) is 1. The third-order valence-electron chi connectivity index (χ3n) is 3.47. The maximum atomic E-state index is 5.46. The molecule has 102 valence electrons. The van der Waals surface area contributed by atoms with Gasteiger partial charge in [0.05, 0.1) is 12.8 Å². The van der Waals surface area contributed by atoms with Crippen molar-refractivity contribution in [2.24, 2.45) is 5.92 Å². The summed E-state index contributed by atoms with van der Waals surface area (Å²) in [6, 6.07) is 4.85. The van der Waals surface area contributed by atoms with Gasteiger partial charge in [0.15, 0.2) is 0 Å². The molecular formula is C15H26N2O. The number of nitrogens with one attached hydrogen (secondary N) is 1. The SMILES string of the molecule is CCCNCC(C)CN(Cc1ccco1)C1CC1. The number of rotatable bonds is 9. The third-order valence-corrected chi connectivity index (χ3v) is 3.47. The maximum absolute atomic E-state index is 5.46. The van der Waals surface area contributed by atoms with Crippen LogP contribution in [-0.4, -0.2) is 30.6 Å². The molecule has 1 heterocycles. The Morgan fingerprint density at radius 1 is 1.50 bits per heavy atom. The Labute approximate surface area is 111 Å². The predicted molar refractivity (Wildman–Crippen MR) is 74.5 cm³/mol. The van der Waals surface area contributed by atoms with Crippen molar-refractivity contribution in [1.29, 1.82) is 0 Å². The van der Waals surface area contributed by atoms with Crippen molar-refractivity contribution < 1.29 is 4.42 Å². The normalized spacial score (nSPS) is 17.3. The highest BCUT2D eigenvalue weighted by atomic mass is 16.3. The molecule has 3 nitrogen and oxygen atoms in total. The van der Waals surface area contributed by atoms with E-state index in [9.17, 15) is 0 Å². The van der Waals surface area contributed by atoms with E-state index in [2.05, 4.69) is 30.1 Å². The van der Waals surface area contributed by atoms with E-state index in [1.165, 1.54) is 25.8 Å². The van der Waals surface area contributed by atoms with E-state index in [1.807, 2.05) is 6.07 Å². The summed E-state index contributed by atoms with van der Waals surface area (Å²) in [7, 11) is 0. The second-order valence-corrected chi connectivity index (χ2v) is 5.55. The topological polar surface area (TPSA) is 28.4 Å². The van der Waals surface area contributed by atoms with E-state index in [-0.39, 0.29) is 0 Å². The fraction of sp³-hybridized carbons (Fsp3) is 0.733. The van der Waals surface area contributed by atoms with Crippen LogP contribution in [0.5, 0.6) is 0 Å². The van der Waals surface area contributed by atoms with Crippen LogP contribution in [0.4, 0.5) is 0 Å². The first-order chi connectivity index (χ1) is 8.79. The highest BCUT2D eigenvalue weighted by molar-refractivity contribution is 4.99. The average molecular weight is 250 g/mol. The fourth-order valence-corrected chi connectivity index (χ4v) is 2.38. The molecule has 3 heteroatoms. The van der Waals surface area contributed by atoms with Gasteiger partial charge in [-0.15, -0.1) is 0 Å². The zero-order chi connectivity index (χ0) is 12.8. The monoisotopic (exact) mass is 250 g/mol. The van der Waals surface area contributed by atoms with Crippen LogP contribution >= 0.6 is 0 Å². The Morgan fingerprint density at radius 3 is 2.94 bits per heavy atom. The summed E-state index contributed by atoms with van der Waals surface area (Å²) in [4.78, 5) is 2.58. The van der Waals surface area contributed by atoms with Crippen molar-refractivity contribution in [3.63, 3.8) is 0 Å². The molecule has 2 rings (SSSR count). The lowest BCUT2D eigenvalue weighted by atomic mass is 10.1. The van der Waals surface area contributed by atoms with Gasteiger partial charge in [0.25, 0.3) is 0 Å². The second kappa shape index (κ2) is 6.95. The van der Waals surface area contributed by atoms with E-state index in [0.717, 1.165) is 31.4 Å². The van der Waals surface area contributed by atoms with Crippen molar-refractivity contribution >= 4 is 0 Å². The minimum absolute atomic E-state index is 0.701. The Bertz CT molecular complexity index is 319. The molecule has 0 amide bonds. The smallest absolute Gasteiger partial charge is 0.117 e. The molecule has 1 unspecified atom stereocenters. The predicted octanol–water partition coefficient (Wildman–Crippen LogP) is 2.88. The van der Waals surface area contributed by atoms with E-state index < -0.39 is 0 Å². The first kappa shape index (κ1) is 13.6. The molecular weight excluding hydrogens is 224 g/mol. The largest absolute Gasteiger partial charge is 0.468 e. The molecule has 1 aromatic heterocycles. The van der Waals surface area contributed by atoms with Crippen molar-refractivity contribution in [3.05, 3.63) is 24.2 Å². The van der Waals surface area contributed by atoms with E-state index >= 15 is 0 Å².